The van der Waals surface area contributed by atoms with Crippen LogP contribution < -0.4 is 4.74 Å². The number of benzene rings is 1. The smallest absolute Gasteiger partial charge is 0.336 e. The Hall–Kier alpha value is -2.32. The summed E-state index contributed by atoms with van der Waals surface area (Å²) in [7, 11) is 0. The third kappa shape index (κ3) is 5.35. The Morgan fingerprint density at radius 2 is 2.03 bits per heavy atom. The molecule has 1 aliphatic carbocycles. The molecule has 0 saturated heterocycles. The van der Waals surface area contributed by atoms with E-state index in [1.807, 2.05) is 6.08 Å². The van der Waals surface area contributed by atoms with Crippen molar-refractivity contribution in [2.45, 2.75) is 70.2 Å². The summed E-state index contributed by atoms with van der Waals surface area (Å²) in [5, 5.41) is 30.4. The second kappa shape index (κ2) is 9.67. The lowest BCUT2D eigenvalue weighted by Gasteiger charge is -2.23. The van der Waals surface area contributed by atoms with Gasteiger partial charge in [-0.25, -0.2) is 9.18 Å². The Bertz CT molecular complexity index is 920. The largest absolute Gasteiger partial charge is 0.489 e. The number of carbonyl (C=O) groups is 1. The molecule has 0 bridgehead atoms. The van der Waals surface area contributed by atoms with Crippen LogP contribution in [0.4, 0.5) is 13.2 Å². The van der Waals surface area contributed by atoms with Gasteiger partial charge in [-0.15, -0.1) is 0 Å². The van der Waals surface area contributed by atoms with Crippen molar-refractivity contribution < 1.29 is 38.0 Å². The predicted molar refractivity (Wildman–Crippen MR) is 112 cm³/mol. The zero-order chi connectivity index (χ0) is 23.6. The maximum Gasteiger partial charge on any atom is 0.336 e. The number of carboxylic acid groups (broad SMARTS) is 1. The minimum atomic E-state index is -2.36. The van der Waals surface area contributed by atoms with E-state index in [1.165, 1.54) is 6.92 Å². The highest BCUT2D eigenvalue weighted by Crippen LogP contribution is 2.44. The molecule has 1 fully saturated rings. The van der Waals surface area contributed by atoms with Crippen LogP contribution >= 0.6 is 0 Å². The van der Waals surface area contributed by atoms with Gasteiger partial charge in [-0.3, -0.25) is 0 Å². The molecule has 32 heavy (non-hydrogen) atoms. The highest BCUT2D eigenvalue weighted by Gasteiger charge is 2.44. The van der Waals surface area contributed by atoms with E-state index in [1.54, 1.807) is 25.1 Å². The average molecular weight is 454 g/mol. The summed E-state index contributed by atoms with van der Waals surface area (Å²) in [6.07, 6.45) is 1.52. The number of hydrogen-bond donors (Lipinski definition) is 3. The minimum Gasteiger partial charge on any atom is -0.489 e. The predicted octanol–water partition coefficient (Wildman–Crippen LogP) is 4.94. The second-order valence-electron chi connectivity index (χ2n) is 9.07. The quantitative estimate of drug-likeness (QED) is 0.508. The molecule has 5 atom stereocenters. The van der Waals surface area contributed by atoms with Crippen molar-refractivity contribution in [2.75, 3.05) is 0 Å². The Labute approximate surface area is 185 Å². The third-order valence-corrected chi connectivity index (χ3v) is 6.63. The van der Waals surface area contributed by atoms with Gasteiger partial charge in [0.15, 0.2) is 5.83 Å². The SMILES string of the molecule is Cc1c(C(=O)O)ccc2c1O[C@H]1C[C@@H](O)[C@H](/C=C/C[C@@](C)(O)CCC(F)=C(F)F)[C@H]1CC2. The van der Waals surface area contributed by atoms with E-state index in [-0.39, 0.29) is 36.3 Å². The van der Waals surface area contributed by atoms with Crippen molar-refractivity contribution in [2.24, 2.45) is 11.8 Å². The van der Waals surface area contributed by atoms with Crippen LogP contribution in [0.3, 0.4) is 0 Å². The molecule has 3 N–H and O–H groups in total. The van der Waals surface area contributed by atoms with Gasteiger partial charge in [-0.1, -0.05) is 18.2 Å². The fourth-order valence-electron chi connectivity index (χ4n) is 4.76. The molecule has 1 heterocycles. The molecule has 0 unspecified atom stereocenters. The summed E-state index contributed by atoms with van der Waals surface area (Å²) in [4.78, 5) is 11.5. The van der Waals surface area contributed by atoms with E-state index in [2.05, 4.69) is 0 Å². The van der Waals surface area contributed by atoms with Crippen LogP contribution in [0.2, 0.25) is 0 Å². The summed E-state index contributed by atoms with van der Waals surface area (Å²) in [5.41, 5.74) is 0.356. The lowest BCUT2D eigenvalue weighted by atomic mass is 9.87. The molecule has 1 aromatic carbocycles. The zero-order valence-electron chi connectivity index (χ0n) is 18.2. The molecule has 0 amide bonds. The molecular formula is C24H29F3O5. The Balaban J connectivity index is 1.69. The summed E-state index contributed by atoms with van der Waals surface area (Å²) in [6, 6.07) is 3.36. The minimum absolute atomic E-state index is 0.00675. The van der Waals surface area contributed by atoms with Crippen LogP contribution in [-0.2, 0) is 6.42 Å². The molecule has 3 rings (SSSR count). The highest BCUT2D eigenvalue weighted by atomic mass is 19.3. The lowest BCUT2D eigenvalue weighted by Crippen LogP contribution is -2.25. The lowest BCUT2D eigenvalue weighted by molar-refractivity contribution is 0.0519. The summed E-state index contributed by atoms with van der Waals surface area (Å²) < 4.78 is 43.7. The zero-order valence-corrected chi connectivity index (χ0v) is 18.2. The molecule has 0 radical (unpaired) electrons. The number of aromatic carboxylic acids is 1. The molecule has 176 valence electrons. The number of allylic oxidation sites excluding steroid dienone is 1. The number of carboxylic acids is 1. The van der Waals surface area contributed by atoms with E-state index in [9.17, 15) is 33.3 Å². The Morgan fingerprint density at radius 3 is 2.69 bits per heavy atom. The maximum atomic E-state index is 13.0. The van der Waals surface area contributed by atoms with Crippen molar-refractivity contribution in [3.63, 3.8) is 0 Å². The first-order valence-corrected chi connectivity index (χ1v) is 10.8. The van der Waals surface area contributed by atoms with Crippen LogP contribution in [0.15, 0.2) is 36.2 Å². The van der Waals surface area contributed by atoms with Gasteiger partial charge in [0.05, 0.1) is 17.3 Å². The van der Waals surface area contributed by atoms with Gasteiger partial charge in [0.2, 0.25) is 0 Å². The van der Waals surface area contributed by atoms with Gasteiger partial charge in [-0.05, 0) is 51.2 Å². The fourth-order valence-corrected chi connectivity index (χ4v) is 4.76. The molecule has 2 aliphatic rings. The van der Waals surface area contributed by atoms with E-state index in [4.69, 9.17) is 4.74 Å². The maximum absolute atomic E-state index is 13.0. The van der Waals surface area contributed by atoms with E-state index < -0.39 is 36.0 Å². The number of fused-ring (bicyclic) bond motifs is 2. The van der Waals surface area contributed by atoms with Gasteiger partial charge in [0.1, 0.15) is 11.9 Å². The molecule has 1 saturated carbocycles. The van der Waals surface area contributed by atoms with Gasteiger partial charge >= 0.3 is 12.0 Å². The van der Waals surface area contributed by atoms with E-state index >= 15 is 0 Å². The molecule has 1 aliphatic heterocycles. The molecule has 5 nitrogen and oxygen atoms in total. The number of halogens is 3. The van der Waals surface area contributed by atoms with Crippen LogP contribution in [0.1, 0.15) is 60.5 Å². The molecular weight excluding hydrogens is 425 g/mol. The van der Waals surface area contributed by atoms with Gasteiger partial charge in [-0.2, -0.15) is 8.78 Å². The monoisotopic (exact) mass is 454 g/mol. The van der Waals surface area contributed by atoms with Crippen LogP contribution in [0.25, 0.3) is 0 Å². The Morgan fingerprint density at radius 1 is 1.31 bits per heavy atom. The van der Waals surface area contributed by atoms with Crippen LogP contribution in [0, 0.1) is 18.8 Å². The van der Waals surface area contributed by atoms with Gasteiger partial charge in [0, 0.05) is 30.2 Å². The van der Waals surface area contributed by atoms with Gasteiger partial charge < -0.3 is 20.1 Å². The van der Waals surface area contributed by atoms with Crippen molar-refractivity contribution in [1.29, 1.82) is 0 Å². The summed E-state index contributed by atoms with van der Waals surface area (Å²) >= 11 is 0. The Kier molecular flexibility index (Phi) is 7.35. The number of hydrogen-bond acceptors (Lipinski definition) is 4. The van der Waals surface area contributed by atoms with Crippen molar-refractivity contribution in [1.82, 2.24) is 0 Å². The third-order valence-electron chi connectivity index (χ3n) is 6.63. The number of aliphatic hydroxyl groups excluding tert-OH is 1. The average Bonchev–Trinajstić information content (AvgIpc) is 2.88. The summed E-state index contributed by atoms with van der Waals surface area (Å²) in [6.45, 7) is 3.18. The number of ether oxygens (including phenoxy) is 1. The molecule has 8 heteroatoms. The summed E-state index contributed by atoms with van der Waals surface area (Å²) in [5.74, 6) is -2.16. The number of rotatable bonds is 7. The van der Waals surface area contributed by atoms with E-state index in [0.717, 1.165) is 12.0 Å². The second-order valence-corrected chi connectivity index (χ2v) is 9.07. The first-order valence-electron chi connectivity index (χ1n) is 10.8. The normalized spacial score (nSPS) is 26.6. The fraction of sp³-hybridized carbons (Fsp3) is 0.542. The first kappa shape index (κ1) is 24.3. The van der Waals surface area contributed by atoms with Crippen LogP contribution in [-0.4, -0.2) is 39.1 Å². The van der Waals surface area contributed by atoms with E-state index in [0.29, 0.717) is 24.2 Å². The standard InChI is InChI=1S/C24H29F3O5/c1-13-15(23(29)30)7-5-14-6-8-17-16(19(28)12-20(17)32-21(13)14)4-3-10-24(2,31)11-9-18(25)22(26)27/h3-5,7,16-17,19-20,28,31H,6,8-12H2,1-2H3,(H,29,30)/b4-3+/t16-,17-,19-,20+,24-/m1/s1. The van der Waals surface area contributed by atoms with Gasteiger partial charge in [0.25, 0.3) is 0 Å². The van der Waals surface area contributed by atoms with Crippen LogP contribution in [0.5, 0.6) is 5.75 Å². The molecule has 1 aromatic rings. The van der Waals surface area contributed by atoms with Crippen molar-refractivity contribution >= 4 is 5.97 Å². The topological polar surface area (TPSA) is 87.0 Å². The number of aliphatic hydroxyl groups is 2. The molecule has 0 aromatic heterocycles. The highest BCUT2D eigenvalue weighted by molar-refractivity contribution is 5.90. The number of aryl methyl sites for hydroxylation is 1. The van der Waals surface area contributed by atoms with Crippen molar-refractivity contribution in [3.8, 4) is 5.75 Å². The first-order chi connectivity index (χ1) is 15.0. The molecule has 0 spiro atoms. The van der Waals surface area contributed by atoms with Crippen molar-refractivity contribution in [3.05, 3.63) is 52.9 Å².